The van der Waals surface area contributed by atoms with Crippen LogP contribution in [0.2, 0.25) is 0 Å². The second kappa shape index (κ2) is 6.08. The molecule has 8 atom stereocenters. The minimum Gasteiger partial charge on any atom is -0.306 e. The molecule has 2 nitrogen and oxygen atoms in total. The van der Waals surface area contributed by atoms with E-state index < -0.39 is 0 Å². The molecule has 4 aliphatic rings. The van der Waals surface area contributed by atoms with Crippen LogP contribution in [-0.4, -0.2) is 30.8 Å². The van der Waals surface area contributed by atoms with Crippen LogP contribution in [-0.2, 0) is 4.79 Å². The van der Waals surface area contributed by atoms with Crippen LogP contribution >= 0.6 is 0 Å². The molecule has 0 amide bonds. The highest BCUT2D eigenvalue weighted by Crippen LogP contribution is 2.67. The fraction of sp³-hybridized carbons (Fsp3) is 0.957. The Labute approximate surface area is 155 Å². The molecule has 2 heteroatoms. The molecule has 4 rings (SSSR count). The molecule has 4 saturated carbocycles. The SMILES string of the molecule is CC(=O)C1CCC2C3CCC4CCC(N(C)C)CC4(C)C3CCC12C. The monoisotopic (exact) mass is 345 g/mol. The number of hydrogen-bond donors (Lipinski definition) is 0. The second-order valence-electron chi connectivity index (χ2n) is 10.8. The highest BCUT2D eigenvalue weighted by molar-refractivity contribution is 5.79. The summed E-state index contributed by atoms with van der Waals surface area (Å²) in [6.07, 6.45) is 12.3. The number of carbonyl (C=O) groups is 1. The Balaban J connectivity index is 1.61. The standard InChI is InChI=1S/C23H39NO/c1-15(25)19-10-11-20-18-9-7-16-6-8-17(24(4)5)14-23(16,3)21(18)12-13-22(19,20)2/h16-21H,6-14H2,1-5H3. The van der Waals surface area contributed by atoms with Crippen LogP contribution in [0.1, 0.15) is 78.6 Å². The smallest absolute Gasteiger partial charge is 0.133 e. The summed E-state index contributed by atoms with van der Waals surface area (Å²) in [5.41, 5.74) is 0.859. The molecule has 4 aliphatic carbocycles. The van der Waals surface area contributed by atoms with E-state index in [1.807, 2.05) is 6.92 Å². The third-order valence-electron chi connectivity index (χ3n) is 9.81. The minimum absolute atomic E-state index is 0.311. The van der Waals surface area contributed by atoms with Gasteiger partial charge in [0, 0.05) is 12.0 Å². The van der Waals surface area contributed by atoms with Crippen LogP contribution in [0.4, 0.5) is 0 Å². The Hall–Kier alpha value is -0.370. The van der Waals surface area contributed by atoms with Crippen molar-refractivity contribution in [1.82, 2.24) is 4.90 Å². The Morgan fingerprint density at radius 2 is 1.56 bits per heavy atom. The first-order chi connectivity index (χ1) is 11.8. The summed E-state index contributed by atoms with van der Waals surface area (Å²) in [4.78, 5) is 14.8. The number of nitrogens with zero attached hydrogens (tertiary/aromatic N) is 1. The molecular formula is C23H39NO. The molecule has 0 aromatic rings. The predicted octanol–water partition coefficient (Wildman–Crippen LogP) is 5.16. The average Bonchev–Trinajstić information content (AvgIpc) is 2.91. The molecule has 0 heterocycles. The van der Waals surface area contributed by atoms with E-state index in [1.54, 1.807) is 0 Å². The fourth-order valence-corrected chi connectivity index (χ4v) is 8.44. The van der Waals surface area contributed by atoms with Gasteiger partial charge in [-0.3, -0.25) is 4.79 Å². The van der Waals surface area contributed by atoms with E-state index >= 15 is 0 Å². The average molecular weight is 346 g/mol. The summed E-state index contributed by atoms with van der Waals surface area (Å²) in [6, 6.07) is 0.779. The van der Waals surface area contributed by atoms with Gasteiger partial charge >= 0.3 is 0 Å². The summed E-state index contributed by atoms with van der Waals surface area (Å²) in [5, 5.41) is 0. The van der Waals surface area contributed by atoms with Crippen molar-refractivity contribution in [3.05, 3.63) is 0 Å². The van der Waals surface area contributed by atoms with Gasteiger partial charge in [0.05, 0.1) is 0 Å². The normalized spacial score (nSPS) is 52.4. The van der Waals surface area contributed by atoms with Gasteiger partial charge in [-0.1, -0.05) is 13.8 Å². The van der Waals surface area contributed by atoms with Gasteiger partial charge < -0.3 is 4.90 Å². The topological polar surface area (TPSA) is 20.3 Å². The molecule has 0 N–H and O–H groups in total. The van der Waals surface area contributed by atoms with Crippen LogP contribution < -0.4 is 0 Å². The van der Waals surface area contributed by atoms with Crippen LogP contribution in [0.5, 0.6) is 0 Å². The first kappa shape index (κ1) is 18.0. The number of Topliss-reactive ketones (excluding diaryl/α,β-unsaturated/α-hetero) is 1. The molecule has 142 valence electrons. The van der Waals surface area contributed by atoms with E-state index in [0.29, 0.717) is 22.5 Å². The van der Waals surface area contributed by atoms with Crippen molar-refractivity contribution < 1.29 is 4.79 Å². The lowest BCUT2D eigenvalue weighted by Gasteiger charge is -2.61. The Morgan fingerprint density at radius 3 is 2.24 bits per heavy atom. The molecule has 0 saturated heterocycles. The van der Waals surface area contributed by atoms with E-state index in [9.17, 15) is 4.79 Å². The number of fused-ring (bicyclic) bond motifs is 5. The minimum atomic E-state index is 0.311. The lowest BCUT2D eigenvalue weighted by Crippen LogP contribution is -2.55. The van der Waals surface area contributed by atoms with Gasteiger partial charge in [-0.05, 0) is 113 Å². The van der Waals surface area contributed by atoms with Gasteiger partial charge in [0.1, 0.15) is 5.78 Å². The van der Waals surface area contributed by atoms with Crippen LogP contribution in [0.25, 0.3) is 0 Å². The summed E-state index contributed by atoms with van der Waals surface area (Å²) >= 11 is 0. The van der Waals surface area contributed by atoms with Gasteiger partial charge in [-0.2, -0.15) is 0 Å². The van der Waals surface area contributed by atoms with Gasteiger partial charge in [-0.25, -0.2) is 0 Å². The van der Waals surface area contributed by atoms with E-state index in [4.69, 9.17) is 0 Å². The quantitative estimate of drug-likeness (QED) is 0.688. The number of rotatable bonds is 2. The van der Waals surface area contributed by atoms with Crippen LogP contribution in [0.3, 0.4) is 0 Å². The first-order valence-corrected chi connectivity index (χ1v) is 10.9. The molecule has 4 fully saturated rings. The van der Waals surface area contributed by atoms with Crippen molar-refractivity contribution in [2.75, 3.05) is 14.1 Å². The van der Waals surface area contributed by atoms with E-state index in [1.165, 1.54) is 57.8 Å². The van der Waals surface area contributed by atoms with Crippen molar-refractivity contribution in [2.45, 2.75) is 84.6 Å². The van der Waals surface area contributed by atoms with E-state index in [-0.39, 0.29) is 0 Å². The first-order valence-electron chi connectivity index (χ1n) is 10.9. The Bertz CT molecular complexity index is 542. The Morgan fingerprint density at radius 1 is 0.880 bits per heavy atom. The maximum Gasteiger partial charge on any atom is 0.133 e. The maximum absolute atomic E-state index is 12.3. The van der Waals surface area contributed by atoms with Gasteiger partial charge in [0.2, 0.25) is 0 Å². The van der Waals surface area contributed by atoms with Crippen molar-refractivity contribution in [1.29, 1.82) is 0 Å². The largest absolute Gasteiger partial charge is 0.306 e. The zero-order chi connectivity index (χ0) is 18.0. The van der Waals surface area contributed by atoms with Gasteiger partial charge in [0.15, 0.2) is 0 Å². The lowest BCUT2D eigenvalue weighted by molar-refractivity contribution is -0.136. The zero-order valence-corrected chi connectivity index (χ0v) is 17.2. The van der Waals surface area contributed by atoms with E-state index in [2.05, 4.69) is 32.8 Å². The van der Waals surface area contributed by atoms with Gasteiger partial charge in [-0.15, -0.1) is 0 Å². The number of hydrogen-bond acceptors (Lipinski definition) is 2. The molecule has 0 aromatic carbocycles. The maximum atomic E-state index is 12.3. The molecule has 0 bridgehead atoms. The van der Waals surface area contributed by atoms with E-state index in [0.717, 1.165) is 29.7 Å². The molecule has 8 unspecified atom stereocenters. The van der Waals surface area contributed by atoms with Crippen molar-refractivity contribution in [2.24, 2.45) is 40.4 Å². The van der Waals surface area contributed by atoms with Crippen molar-refractivity contribution in [3.63, 3.8) is 0 Å². The zero-order valence-electron chi connectivity index (χ0n) is 17.2. The number of ketones is 1. The summed E-state index contributed by atoms with van der Waals surface area (Å²) < 4.78 is 0. The molecule has 0 aliphatic heterocycles. The summed E-state index contributed by atoms with van der Waals surface area (Å²) in [5.74, 6) is 4.40. The predicted molar refractivity (Wildman–Crippen MR) is 103 cm³/mol. The molecule has 0 aromatic heterocycles. The Kier molecular flexibility index (Phi) is 4.38. The third-order valence-corrected chi connectivity index (χ3v) is 9.81. The second-order valence-corrected chi connectivity index (χ2v) is 10.8. The summed E-state index contributed by atoms with van der Waals surface area (Å²) in [7, 11) is 4.56. The van der Waals surface area contributed by atoms with Gasteiger partial charge in [0.25, 0.3) is 0 Å². The molecule has 0 spiro atoms. The third kappa shape index (κ3) is 2.57. The van der Waals surface area contributed by atoms with Crippen LogP contribution in [0.15, 0.2) is 0 Å². The van der Waals surface area contributed by atoms with Crippen molar-refractivity contribution >= 4 is 5.78 Å². The summed E-state index contributed by atoms with van der Waals surface area (Å²) in [6.45, 7) is 6.99. The number of carbonyl (C=O) groups excluding carboxylic acids is 1. The van der Waals surface area contributed by atoms with Crippen LogP contribution in [0, 0.1) is 40.4 Å². The molecular weight excluding hydrogens is 306 g/mol. The fourth-order valence-electron chi connectivity index (χ4n) is 8.44. The lowest BCUT2D eigenvalue weighted by atomic mass is 9.44. The van der Waals surface area contributed by atoms with Crippen molar-refractivity contribution in [3.8, 4) is 0 Å². The molecule has 0 radical (unpaired) electrons. The molecule has 25 heavy (non-hydrogen) atoms. The highest BCUT2D eigenvalue weighted by Gasteiger charge is 2.60. The highest BCUT2D eigenvalue weighted by atomic mass is 16.1.